The minimum Gasteiger partial charge on any atom is -0.477 e. The molecule has 1 aliphatic heterocycles. The lowest BCUT2D eigenvalue weighted by molar-refractivity contribution is -0.0154. The van der Waals surface area contributed by atoms with Gasteiger partial charge in [-0.25, -0.2) is 9.78 Å². The number of hydrogen-bond donors (Lipinski definition) is 1. The lowest BCUT2D eigenvalue weighted by atomic mass is 10.1. The lowest BCUT2D eigenvalue weighted by Crippen LogP contribution is -2.46. The second-order valence-electron chi connectivity index (χ2n) is 7.13. The SMILES string of the molecule is O=C(NCc1ccnc(OCC2CC2)c1)N1CCOC(c2ccccc2)C1. The standard InChI is InChI=1S/C21H25N3O3/c25-21(24-10-11-26-19(14-24)18-4-2-1-3-5-18)23-13-17-8-9-22-20(12-17)27-15-16-6-7-16/h1-5,8-9,12,16,19H,6-7,10-11,13-15H2,(H,23,25). The zero-order valence-corrected chi connectivity index (χ0v) is 15.3. The van der Waals surface area contributed by atoms with Crippen molar-refractivity contribution in [3.05, 3.63) is 59.8 Å². The summed E-state index contributed by atoms with van der Waals surface area (Å²) in [5, 5.41) is 2.99. The molecule has 2 heterocycles. The number of carbonyl (C=O) groups is 1. The molecule has 2 amide bonds. The van der Waals surface area contributed by atoms with Gasteiger partial charge >= 0.3 is 6.03 Å². The Kier molecular flexibility index (Phi) is 5.53. The van der Waals surface area contributed by atoms with Gasteiger partial charge in [0.2, 0.25) is 5.88 Å². The van der Waals surface area contributed by atoms with E-state index >= 15 is 0 Å². The second-order valence-corrected chi connectivity index (χ2v) is 7.13. The molecule has 6 heteroatoms. The fourth-order valence-electron chi connectivity index (χ4n) is 3.12. The van der Waals surface area contributed by atoms with Gasteiger partial charge in [-0.2, -0.15) is 0 Å². The molecule has 0 bridgehead atoms. The van der Waals surface area contributed by atoms with Gasteiger partial charge in [0.15, 0.2) is 0 Å². The van der Waals surface area contributed by atoms with Crippen LogP contribution in [0, 0.1) is 5.92 Å². The first kappa shape index (κ1) is 17.8. The van der Waals surface area contributed by atoms with Crippen molar-refractivity contribution in [2.45, 2.75) is 25.5 Å². The van der Waals surface area contributed by atoms with Gasteiger partial charge in [-0.3, -0.25) is 0 Å². The maximum absolute atomic E-state index is 12.6. The third kappa shape index (κ3) is 4.98. The molecule has 4 rings (SSSR count). The normalized spacial score (nSPS) is 19.6. The number of nitrogens with zero attached hydrogens (tertiary/aromatic N) is 2. The zero-order chi connectivity index (χ0) is 18.5. The second kappa shape index (κ2) is 8.39. The Morgan fingerprint density at radius 1 is 1.26 bits per heavy atom. The molecular formula is C21H25N3O3. The summed E-state index contributed by atoms with van der Waals surface area (Å²) in [7, 11) is 0. The van der Waals surface area contributed by atoms with Crippen molar-refractivity contribution in [1.82, 2.24) is 15.2 Å². The predicted molar refractivity (Wildman–Crippen MR) is 101 cm³/mol. The molecule has 1 N–H and O–H groups in total. The van der Waals surface area contributed by atoms with E-state index in [9.17, 15) is 4.79 Å². The highest BCUT2D eigenvalue weighted by Crippen LogP contribution is 2.29. The van der Waals surface area contributed by atoms with Gasteiger partial charge in [0.1, 0.15) is 6.10 Å². The maximum atomic E-state index is 12.6. The van der Waals surface area contributed by atoms with Crippen LogP contribution >= 0.6 is 0 Å². The van der Waals surface area contributed by atoms with Gasteiger partial charge in [0.25, 0.3) is 0 Å². The molecule has 1 aromatic heterocycles. The molecule has 2 fully saturated rings. The molecule has 6 nitrogen and oxygen atoms in total. The molecule has 1 unspecified atom stereocenters. The number of morpholine rings is 1. The smallest absolute Gasteiger partial charge is 0.317 e. The number of pyridine rings is 1. The summed E-state index contributed by atoms with van der Waals surface area (Å²) in [6, 6.07) is 13.8. The average Bonchev–Trinajstić information content (AvgIpc) is 3.56. The Morgan fingerprint density at radius 2 is 2.11 bits per heavy atom. The summed E-state index contributed by atoms with van der Waals surface area (Å²) in [6.45, 7) is 2.89. The highest BCUT2D eigenvalue weighted by Gasteiger charge is 2.25. The number of benzene rings is 1. The molecule has 142 valence electrons. The Bertz CT molecular complexity index is 764. The van der Waals surface area contributed by atoms with Crippen LogP contribution in [0.1, 0.15) is 30.1 Å². The molecule has 0 spiro atoms. The van der Waals surface area contributed by atoms with E-state index in [2.05, 4.69) is 10.3 Å². The van der Waals surface area contributed by atoms with Crippen LogP contribution in [0.2, 0.25) is 0 Å². The fourth-order valence-corrected chi connectivity index (χ4v) is 3.12. The molecule has 2 aliphatic rings. The van der Waals surface area contributed by atoms with Crippen LogP contribution in [0.3, 0.4) is 0 Å². The molecule has 1 aromatic carbocycles. The number of amides is 2. The summed E-state index contributed by atoms with van der Waals surface area (Å²) >= 11 is 0. The van der Waals surface area contributed by atoms with Crippen LogP contribution in [0.4, 0.5) is 4.79 Å². The number of nitrogens with one attached hydrogen (secondary N) is 1. The van der Waals surface area contributed by atoms with Gasteiger partial charge in [0.05, 0.1) is 19.8 Å². The Labute approximate surface area is 159 Å². The van der Waals surface area contributed by atoms with E-state index in [-0.39, 0.29) is 12.1 Å². The molecule has 1 saturated heterocycles. The van der Waals surface area contributed by atoms with Gasteiger partial charge < -0.3 is 19.7 Å². The molecule has 2 aromatic rings. The first-order valence-corrected chi connectivity index (χ1v) is 9.55. The van der Waals surface area contributed by atoms with Crippen molar-refractivity contribution in [2.24, 2.45) is 5.92 Å². The van der Waals surface area contributed by atoms with E-state index in [1.807, 2.05) is 47.4 Å². The van der Waals surface area contributed by atoms with E-state index in [1.165, 1.54) is 12.8 Å². The van der Waals surface area contributed by atoms with E-state index in [4.69, 9.17) is 9.47 Å². The highest BCUT2D eigenvalue weighted by molar-refractivity contribution is 5.74. The monoisotopic (exact) mass is 367 g/mol. The number of urea groups is 1. The summed E-state index contributed by atoms with van der Waals surface area (Å²) in [6.07, 6.45) is 4.15. The number of carbonyl (C=O) groups excluding carboxylic acids is 1. The number of rotatable bonds is 6. The minimum atomic E-state index is -0.0750. The summed E-state index contributed by atoms with van der Waals surface area (Å²) in [4.78, 5) is 18.6. The number of hydrogen-bond acceptors (Lipinski definition) is 4. The van der Waals surface area contributed by atoms with Crippen LogP contribution in [-0.2, 0) is 11.3 Å². The molecule has 27 heavy (non-hydrogen) atoms. The van der Waals surface area contributed by atoms with Crippen molar-refractivity contribution in [3.63, 3.8) is 0 Å². The quantitative estimate of drug-likeness (QED) is 0.852. The van der Waals surface area contributed by atoms with E-state index in [0.717, 1.165) is 17.7 Å². The van der Waals surface area contributed by atoms with E-state index < -0.39 is 0 Å². The van der Waals surface area contributed by atoms with Gasteiger partial charge in [-0.15, -0.1) is 0 Å². The lowest BCUT2D eigenvalue weighted by Gasteiger charge is -2.33. The fraction of sp³-hybridized carbons (Fsp3) is 0.429. The molecular weight excluding hydrogens is 342 g/mol. The maximum Gasteiger partial charge on any atom is 0.317 e. The van der Waals surface area contributed by atoms with Crippen LogP contribution < -0.4 is 10.1 Å². The topological polar surface area (TPSA) is 63.7 Å². The third-order valence-corrected chi connectivity index (χ3v) is 4.93. The average molecular weight is 367 g/mol. The van der Waals surface area contributed by atoms with Crippen LogP contribution in [-0.4, -0.2) is 42.2 Å². The highest BCUT2D eigenvalue weighted by atomic mass is 16.5. The van der Waals surface area contributed by atoms with Gasteiger partial charge in [-0.1, -0.05) is 30.3 Å². The summed E-state index contributed by atoms with van der Waals surface area (Å²) in [5.41, 5.74) is 2.08. The van der Waals surface area contributed by atoms with E-state index in [1.54, 1.807) is 6.20 Å². The molecule has 1 saturated carbocycles. The van der Waals surface area contributed by atoms with Crippen molar-refractivity contribution >= 4 is 6.03 Å². The summed E-state index contributed by atoms with van der Waals surface area (Å²) in [5.74, 6) is 1.32. The van der Waals surface area contributed by atoms with Crippen molar-refractivity contribution in [1.29, 1.82) is 0 Å². The van der Waals surface area contributed by atoms with Gasteiger partial charge in [0, 0.05) is 25.4 Å². The van der Waals surface area contributed by atoms with Crippen molar-refractivity contribution in [2.75, 3.05) is 26.3 Å². The predicted octanol–water partition coefficient (Wildman–Crippen LogP) is 3.15. The van der Waals surface area contributed by atoms with Crippen molar-refractivity contribution < 1.29 is 14.3 Å². The van der Waals surface area contributed by atoms with E-state index in [0.29, 0.717) is 38.0 Å². The molecule has 1 aliphatic carbocycles. The Balaban J connectivity index is 1.29. The van der Waals surface area contributed by atoms with Crippen LogP contribution in [0.25, 0.3) is 0 Å². The molecule has 1 atom stereocenters. The Morgan fingerprint density at radius 3 is 2.93 bits per heavy atom. The third-order valence-electron chi connectivity index (χ3n) is 4.93. The number of aromatic nitrogens is 1. The van der Waals surface area contributed by atoms with Crippen molar-refractivity contribution in [3.8, 4) is 5.88 Å². The first-order chi connectivity index (χ1) is 13.3. The minimum absolute atomic E-state index is 0.0727. The van der Waals surface area contributed by atoms with Crippen LogP contribution in [0.15, 0.2) is 48.7 Å². The van der Waals surface area contributed by atoms with Gasteiger partial charge in [-0.05, 0) is 36.0 Å². The molecule has 0 radical (unpaired) electrons. The number of ether oxygens (including phenoxy) is 2. The summed E-state index contributed by atoms with van der Waals surface area (Å²) < 4.78 is 11.5. The first-order valence-electron chi connectivity index (χ1n) is 9.55. The Hall–Kier alpha value is -2.60. The zero-order valence-electron chi connectivity index (χ0n) is 15.3. The largest absolute Gasteiger partial charge is 0.477 e. The van der Waals surface area contributed by atoms with Crippen LogP contribution in [0.5, 0.6) is 5.88 Å².